The molecule has 5 nitrogen and oxygen atoms in total. The van der Waals surface area contributed by atoms with Crippen LogP contribution in [0.2, 0.25) is 0 Å². The molecule has 128 valence electrons. The van der Waals surface area contributed by atoms with Crippen LogP contribution in [0.4, 0.5) is 13.2 Å². The van der Waals surface area contributed by atoms with Crippen LogP contribution in [0.3, 0.4) is 0 Å². The summed E-state index contributed by atoms with van der Waals surface area (Å²) in [5.74, 6) is -0.666. The first-order chi connectivity index (χ1) is 10.1. The SMILES string of the molecule is CN1CCC(C(=O)N(CCC(F)(F)F)C2CCCC2)S1(=O)=O. The van der Waals surface area contributed by atoms with Crippen molar-refractivity contribution in [3.63, 3.8) is 0 Å². The van der Waals surface area contributed by atoms with Crippen LogP contribution in [-0.4, -0.2) is 61.1 Å². The third-order valence-electron chi connectivity index (χ3n) is 4.46. The highest BCUT2D eigenvalue weighted by Gasteiger charge is 2.45. The molecule has 0 aromatic heterocycles. The normalized spacial score (nSPS) is 26.5. The minimum Gasteiger partial charge on any atom is -0.338 e. The molecule has 1 saturated heterocycles. The predicted molar refractivity (Wildman–Crippen MR) is 74.6 cm³/mol. The topological polar surface area (TPSA) is 57.7 Å². The molecule has 1 aliphatic carbocycles. The number of halogens is 3. The monoisotopic (exact) mass is 342 g/mol. The maximum absolute atomic E-state index is 12.6. The van der Waals surface area contributed by atoms with Crippen molar-refractivity contribution < 1.29 is 26.4 Å². The van der Waals surface area contributed by atoms with Crippen molar-refractivity contribution in [1.29, 1.82) is 0 Å². The summed E-state index contributed by atoms with van der Waals surface area (Å²) in [7, 11) is -2.35. The Balaban J connectivity index is 2.15. The Morgan fingerprint density at radius 2 is 1.82 bits per heavy atom. The molecule has 0 aromatic carbocycles. The van der Waals surface area contributed by atoms with Gasteiger partial charge in [0, 0.05) is 26.2 Å². The van der Waals surface area contributed by atoms with Crippen molar-refractivity contribution in [2.45, 2.75) is 56.0 Å². The fourth-order valence-corrected chi connectivity index (χ4v) is 4.75. The summed E-state index contributed by atoms with van der Waals surface area (Å²) in [6.45, 7) is -0.223. The van der Waals surface area contributed by atoms with E-state index in [1.807, 2.05) is 0 Å². The fraction of sp³-hybridized carbons (Fsp3) is 0.923. The molecule has 1 amide bonds. The number of hydrogen-bond acceptors (Lipinski definition) is 3. The van der Waals surface area contributed by atoms with Gasteiger partial charge in [-0.3, -0.25) is 4.79 Å². The van der Waals surface area contributed by atoms with Gasteiger partial charge in [0.1, 0.15) is 0 Å². The number of rotatable bonds is 4. The Morgan fingerprint density at radius 1 is 1.23 bits per heavy atom. The molecule has 1 aliphatic heterocycles. The van der Waals surface area contributed by atoms with E-state index in [0.29, 0.717) is 12.8 Å². The zero-order valence-corrected chi connectivity index (χ0v) is 13.3. The second-order valence-corrected chi connectivity index (χ2v) is 8.20. The molecule has 0 N–H and O–H groups in total. The van der Waals surface area contributed by atoms with E-state index in [0.717, 1.165) is 17.1 Å². The molecule has 1 unspecified atom stereocenters. The number of nitrogens with zero attached hydrogens (tertiary/aromatic N) is 2. The summed E-state index contributed by atoms with van der Waals surface area (Å²) in [5, 5.41) is -1.23. The lowest BCUT2D eigenvalue weighted by Crippen LogP contribution is -2.48. The van der Waals surface area contributed by atoms with Crippen LogP contribution in [0.15, 0.2) is 0 Å². The van der Waals surface area contributed by atoms with Crippen LogP contribution in [0.5, 0.6) is 0 Å². The summed E-state index contributed by atoms with van der Waals surface area (Å²) >= 11 is 0. The van der Waals surface area contributed by atoms with Crippen LogP contribution in [0.1, 0.15) is 38.5 Å². The summed E-state index contributed by atoms with van der Waals surface area (Å²) in [6.07, 6.45) is -2.30. The summed E-state index contributed by atoms with van der Waals surface area (Å²) < 4.78 is 62.8. The highest BCUT2D eigenvalue weighted by Crippen LogP contribution is 2.30. The molecule has 2 aliphatic rings. The lowest BCUT2D eigenvalue weighted by molar-refractivity contribution is -0.147. The van der Waals surface area contributed by atoms with Crippen LogP contribution >= 0.6 is 0 Å². The molecular formula is C13H21F3N2O3S. The van der Waals surface area contributed by atoms with Gasteiger partial charge in [0.25, 0.3) is 0 Å². The molecule has 2 rings (SSSR count). The minimum atomic E-state index is -4.36. The van der Waals surface area contributed by atoms with E-state index >= 15 is 0 Å². The number of amides is 1. The average Bonchev–Trinajstić information content (AvgIpc) is 2.98. The maximum Gasteiger partial charge on any atom is 0.390 e. The molecule has 0 spiro atoms. The number of hydrogen-bond donors (Lipinski definition) is 0. The second-order valence-electron chi connectivity index (χ2n) is 5.98. The van der Waals surface area contributed by atoms with Gasteiger partial charge in [-0.25, -0.2) is 12.7 Å². The highest BCUT2D eigenvalue weighted by atomic mass is 32.2. The largest absolute Gasteiger partial charge is 0.390 e. The van der Waals surface area contributed by atoms with Crippen molar-refractivity contribution in [1.82, 2.24) is 9.21 Å². The van der Waals surface area contributed by atoms with E-state index in [1.165, 1.54) is 11.9 Å². The van der Waals surface area contributed by atoms with Crippen molar-refractivity contribution in [3.8, 4) is 0 Å². The number of carbonyl (C=O) groups excluding carboxylic acids is 1. The maximum atomic E-state index is 12.6. The van der Waals surface area contributed by atoms with E-state index < -0.39 is 40.3 Å². The molecule has 1 heterocycles. The Morgan fingerprint density at radius 3 is 2.27 bits per heavy atom. The van der Waals surface area contributed by atoms with Crippen molar-refractivity contribution in [3.05, 3.63) is 0 Å². The van der Waals surface area contributed by atoms with Crippen molar-refractivity contribution in [2.24, 2.45) is 0 Å². The van der Waals surface area contributed by atoms with Gasteiger partial charge in [-0.05, 0) is 19.3 Å². The van der Waals surface area contributed by atoms with Gasteiger partial charge in [-0.2, -0.15) is 13.2 Å². The van der Waals surface area contributed by atoms with Crippen LogP contribution < -0.4 is 0 Å². The third kappa shape index (κ3) is 3.73. The minimum absolute atomic E-state index is 0.146. The first-order valence-electron chi connectivity index (χ1n) is 7.45. The zero-order valence-electron chi connectivity index (χ0n) is 12.5. The highest BCUT2D eigenvalue weighted by molar-refractivity contribution is 7.90. The fourth-order valence-electron chi connectivity index (χ4n) is 3.16. The lowest BCUT2D eigenvalue weighted by Gasteiger charge is -2.31. The van der Waals surface area contributed by atoms with E-state index in [4.69, 9.17) is 0 Å². The Labute approximate surface area is 128 Å². The molecule has 22 heavy (non-hydrogen) atoms. The van der Waals surface area contributed by atoms with Gasteiger partial charge < -0.3 is 4.90 Å². The average molecular weight is 342 g/mol. The molecule has 0 bridgehead atoms. The van der Waals surface area contributed by atoms with Crippen LogP contribution in [0.25, 0.3) is 0 Å². The van der Waals surface area contributed by atoms with Gasteiger partial charge >= 0.3 is 6.18 Å². The van der Waals surface area contributed by atoms with Gasteiger partial charge in [0.05, 0.1) is 6.42 Å². The summed E-state index contributed by atoms with van der Waals surface area (Å²) in [4.78, 5) is 13.7. The first kappa shape index (κ1) is 17.5. The Bertz CT molecular complexity index is 515. The quantitative estimate of drug-likeness (QED) is 0.782. The third-order valence-corrected chi connectivity index (χ3v) is 6.67. The summed E-state index contributed by atoms with van der Waals surface area (Å²) in [6, 6.07) is -0.268. The molecule has 0 radical (unpaired) electrons. The van der Waals surface area contributed by atoms with E-state index in [1.54, 1.807) is 0 Å². The van der Waals surface area contributed by atoms with Gasteiger partial charge in [0.2, 0.25) is 15.9 Å². The van der Waals surface area contributed by atoms with Crippen molar-refractivity contribution >= 4 is 15.9 Å². The molecular weight excluding hydrogens is 321 g/mol. The molecule has 2 fully saturated rings. The van der Waals surface area contributed by atoms with Gasteiger partial charge in [0.15, 0.2) is 5.25 Å². The molecule has 1 atom stereocenters. The van der Waals surface area contributed by atoms with Crippen LogP contribution in [-0.2, 0) is 14.8 Å². The van der Waals surface area contributed by atoms with Crippen molar-refractivity contribution in [2.75, 3.05) is 20.1 Å². The molecule has 1 saturated carbocycles. The van der Waals surface area contributed by atoms with E-state index in [2.05, 4.69) is 0 Å². The van der Waals surface area contributed by atoms with E-state index in [9.17, 15) is 26.4 Å². The van der Waals surface area contributed by atoms with Gasteiger partial charge in [-0.1, -0.05) is 12.8 Å². The Hall–Kier alpha value is -0.830. The number of sulfonamides is 1. The smallest absolute Gasteiger partial charge is 0.338 e. The predicted octanol–water partition coefficient (Wildman–Crippen LogP) is 1.74. The molecule has 9 heteroatoms. The standard InChI is InChI=1S/C13H21F3N2O3S/c1-17-8-6-11(22(17,20)21)12(19)18(9-7-13(14,15)16)10-4-2-3-5-10/h10-11H,2-9H2,1H3. The first-order valence-corrected chi connectivity index (χ1v) is 8.95. The lowest BCUT2D eigenvalue weighted by atomic mass is 10.1. The zero-order chi connectivity index (χ0) is 16.5. The Kier molecular flexibility index (Phi) is 5.06. The van der Waals surface area contributed by atoms with Gasteiger partial charge in [-0.15, -0.1) is 0 Å². The second kappa shape index (κ2) is 6.35. The number of alkyl halides is 3. The van der Waals surface area contributed by atoms with Crippen LogP contribution in [0, 0.1) is 0 Å². The molecule has 0 aromatic rings. The summed E-state index contributed by atoms with van der Waals surface area (Å²) in [5.41, 5.74) is 0. The number of carbonyl (C=O) groups is 1. The van der Waals surface area contributed by atoms with E-state index in [-0.39, 0.29) is 19.0 Å².